The normalized spacial score (nSPS) is 10.8. The Labute approximate surface area is 195 Å². The molecule has 0 atom stereocenters. The van der Waals surface area contributed by atoms with Crippen LogP contribution < -0.4 is 11.1 Å². The maximum atomic E-state index is 11.2. The van der Waals surface area contributed by atoms with Gasteiger partial charge in [0.1, 0.15) is 5.82 Å². The van der Waals surface area contributed by atoms with E-state index in [-0.39, 0.29) is 0 Å². The SMILES string of the molecule is NC(=O)c1ccc(-c2ccnc(NCCCc3ncc(-c4ccc(Cl)cc4Cl)[nH]3)n2)cc1. The van der Waals surface area contributed by atoms with Crippen molar-refractivity contribution in [2.45, 2.75) is 12.8 Å². The summed E-state index contributed by atoms with van der Waals surface area (Å²) in [4.78, 5) is 27.8. The monoisotopic (exact) mass is 466 g/mol. The Kier molecular flexibility index (Phi) is 6.68. The van der Waals surface area contributed by atoms with Gasteiger partial charge < -0.3 is 16.0 Å². The molecule has 0 aliphatic rings. The van der Waals surface area contributed by atoms with Crippen LogP contribution in [0.4, 0.5) is 5.95 Å². The first kappa shape index (κ1) is 21.8. The summed E-state index contributed by atoms with van der Waals surface area (Å²) < 4.78 is 0. The number of imidazole rings is 1. The molecule has 4 rings (SSSR count). The molecule has 2 aromatic carbocycles. The van der Waals surface area contributed by atoms with Gasteiger partial charge in [0, 0.05) is 40.9 Å². The van der Waals surface area contributed by atoms with Crippen LogP contribution in [0.15, 0.2) is 60.9 Å². The van der Waals surface area contributed by atoms with Gasteiger partial charge in [0.15, 0.2) is 0 Å². The Morgan fingerprint density at radius 2 is 1.88 bits per heavy atom. The number of nitrogens with two attached hydrogens (primary N) is 1. The van der Waals surface area contributed by atoms with Crippen LogP contribution >= 0.6 is 23.2 Å². The average Bonchev–Trinajstić information content (AvgIpc) is 3.25. The van der Waals surface area contributed by atoms with Crippen LogP contribution in [0, 0.1) is 0 Å². The smallest absolute Gasteiger partial charge is 0.248 e. The van der Waals surface area contributed by atoms with Crippen LogP contribution in [0.1, 0.15) is 22.6 Å². The third-order valence-electron chi connectivity index (χ3n) is 4.84. The molecule has 32 heavy (non-hydrogen) atoms. The highest BCUT2D eigenvalue weighted by atomic mass is 35.5. The number of halogens is 2. The Morgan fingerprint density at radius 1 is 1.06 bits per heavy atom. The molecular formula is C23H20Cl2N6O. The van der Waals surface area contributed by atoms with Gasteiger partial charge in [0.2, 0.25) is 11.9 Å². The Balaban J connectivity index is 1.32. The molecule has 4 aromatic rings. The number of aromatic amines is 1. The third kappa shape index (κ3) is 5.25. The van der Waals surface area contributed by atoms with E-state index < -0.39 is 5.91 Å². The summed E-state index contributed by atoms with van der Waals surface area (Å²) in [6.07, 6.45) is 5.06. The van der Waals surface area contributed by atoms with E-state index >= 15 is 0 Å². The lowest BCUT2D eigenvalue weighted by Crippen LogP contribution is -2.10. The zero-order chi connectivity index (χ0) is 22.5. The molecule has 0 aliphatic carbocycles. The van der Waals surface area contributed by atoms with Crippen molar-refractivity contribution in [3.8, 4) is 22.5 Å². The first-order chi connectivity index (χ1) is 15.5. The molecular weight excluding hydrogens is 447 g/mol. The number of nitrogens with one attached hydrogen (secondary N) is 2. The van der Waals surface area contributed by atoms with Crippen molar-refractivity contribution in [2.75, 3.05) is 11.9 Å². The van der Waals surface area contributed by atoms with Gasteiger partial charge in [-0.2, -0.15) is 0 Å². The van der Waals surface area contributed by atoms with Gasteiger partial charge in [-0.3, -0.25) is 4.79 Å². The fourth-order valence-electron chi connectivity index (χ4n) is 3.20. The second-order valence-corrected chi connectivity index (χ2v) is 7.95. The topological polar surface area (TPSA) is 110 Å². The number of aromatic nitrogens is 4. The molecule has 0 saturated carbocycles. The number of nitrogens with zero attached hydrogens (tertiary/aromatic N) is 3. The molecule has 2 aromatic heterocycles. The number of benzene rings is 2. The maximum absolute atomic E-state index is 11.2. The Hall–Kier alpha value is -3.42. The highest BCUT2D eigenvalue weighted by Gasteiger charge is 2.08. The molecule has 0 spiro atoms. The van der Waals surface area contributed by atoms with E-state index in [1.165, 1.54) is 0 Å². The first-order valence-corrected chi connectivity index (χ1v) is 10.7. The predicted octanol–water partition coefficient (Wildman–Crippen LogP) is 4.98. The van der Waals surface area contributed by atoms with Gasteiger partial charge in [-0.15, -0.1) is 0 Å². The molecule has 0 unspecified atom stereocenters. The van der Waals surface area contributed by atoms with Crippen molar-refractivity contribution in [1.82, 2.24) is 19.9 Å². The van der Waals surface area contributed by atoms with Crippen LogP contribution in [0.2, 0.25) is 10.0 Å². The van der Waals surface area contributed by atoms with E-state index in [2.05, 4.69) is 25.3 Å². The van der Waals surface area contributed by atoms with Gasteiger partial charge in [0.05, 0.1) is 22.6 Å². The molecule has 7 nitrogen and oxygen atoms in total. The quantitative estimate of drug-likeness (QED) is 0.317. The number of hydrogen-bond donors (Lipinski definition) is 3. The number of rotatable bonds is 8. The summed E-state index contributed by atoms with van der Waals surface area (Å²) in [5.41, 5.74) is 9.10. The largest absolute Gasteiger partial charge is 0.366 e. The Morgan fingerprint density at radius 3 is 2.62 bits per heavy atom. The minimum atomic E-state index is -0.457. The lowest BCUT2D eigenvalue weighted by Gasteiger charge is -2.07. The number of primary amides is 1. The summed E-state index contributed by atoms with van der Waals surface area (Å²) in [5.74, 6) is 0.952. The van der Waals surface area contributed by atoms with E-state index in [1.54, 1.807) is 36.7 Å². The molecule has 0 aliphatic heterocycles. The van der Waals surface area contributed by atoms with Crippen LogP contribution in [0.25, 0.3) is 22.5 Å². The third-order valence-corrected chi connectivity index (χ3v) is 5.39. The standard InChI is InChI=1S/C23H20Cl2N6O/c24-16-7-8-17(18(25)12-16)20-13-29-21(30-20)2-1-10-27-23-28-11-9-19(31-23)14-3-5-15(6-4-14)22(26)32/h3-9,11-13H,1-2,10H2,(H2,26,32)(H,29,30)(H,27,28,31). The summed E-state index contributed by atoms with van der Waals surface area (Å²) >= 11 is 12.2. The number of anilines is 1. The molecule has 0 fully saturated rings. The van der Waals surface area contributed by atoms with E-state index in [9.17, 15) is 4.79 Å². The summed E-state index contributed by atoms with van der Waals surface area (Å²) in [6, 6.07) is 14.2. The molecule has 0 radical (unpaired) electrons. The van der Waals surface area contributed by atoms with E-state index in [1.807, 2.05) is 24.3 Å². The van der Waals surface area contributed by atoms with Gasteiger partial charge in [-0.1, -0.05) is 35.3 Å². The van der Waals surface area contributed by atoms with Gasteiger partial charge in [-0.25, -0.2) is 15.0 Å². The fourth-order valence-corrected chi connectivity index (χ4v) is 3.71. The lowest BCUT2D eigenvalue weighted by atomic mass is 10.1. The van der Waals surface area contributed by atoms with Crippen molar-refractivity contribution < 1.29 is 4.79 Å². The van der Waals surface area contributed by atoms with E-state index in [4.69, 9.17) is 28.9 Å². The van der Waals surface area contributed by atoms with Crippen LogP contribution in [-0.2, 0) is 6.42 Å². The summed E-state index contributed by atoms with van der Waals surface area (Å²) in [5, 5.41) is 4.41. The van der Waals surface area contributed by atoms with Crippen molar-refractivity contribution in [2.24, 2.45) is 5.73 Å². The van der Waals surface area contributed by atoms with Crippen molar-refractivity contribution in [3.63, 3.8) is 0 Å². The molecule has 0 saturated heterocycles. The van der Waals surface area contributed by atoms with Crippen LogP contribution in [0.3, 0.4) is 0 Å². The second-order valence-electron chi connectivity index (χ2n) is 7.11. The molecule has 1 amide bonds. The fraction of sp³-hybridized carbons (Fsp3) is 0.130. The zero-order valence-corrected chi connectivity index (χ0v) is 18.5. The Bertz CT molecular complexity index is 1240. The molecule has 2 heterocycles. The molecule has 162 valence electrons. The number of aryl methyl sites for hydroxylation is 1. The molecule has 0 bridgehead atoms. The molecule has 4 N–H and O–H groups in total. The van der Waals surface area contributed by atoms with Gasteiger partial charge >= 0.3 is 0 Å². The summed E-state index contributed by atoms with van der Waals surface area (Å²) in [7, 11) is 0. The van der Waals surface area contributed by atoms with Crippen molar-refractivity contribution in [3.05, 3.63) is 82.4 Å². The van der Waals surface area contributed by atoms with Crippen molar-refractivity contribution in [1.29, 1.82) is 0 Å². The van der Waals surface area contributed by atoms with Gasteiger partial charge in [0.25, 0.3) is 0 Å². The highest BCUT2D eigenvalue weighted by Crippen LogP contribution is 2.29. The van der Waals surface area contributed by atoms with Crippen LogP contribution in [0.5, 0.6) is 0 Å². The van der Waals surface area contributed by atoms with Crippen LogP contribution in [-0.4, -0.2) is 32.4 Å². The van der Waals surface area contributed by atoms with E-state index in [0.717, 1.165) is 41.2 Å². The lowest BCUT2D eigenvalue weighted by molar-refractivity contribution is 0.100. The average molecular weight is 467 g/mol. The van der Waals surface area contributed by atoms with Crippen molar-refractivity contribution >= 4 is 35.1 Å². The minimum Gasteiger partial charge on any atom is -0.366 e. The predicted molar refractivity (Wildman–Crippen MR) is 127 cm³/mol. The number of hydrogen-bond acceptors (Lipinski definition) is 5. The number of carbonyl (C=O) groups is 1. The second kappa shape index (κ2) is 9.80. The maximum Gasteiger partial charge on any atom is 0.248 e. The highest BCUT2D eigenvalue weighted by molar-refractivity contribution is 6.36. The number of amides is 1. The molecule has 9 heteroatoms. The first-order valence-electron chi connectivity index (χ1n) is 9.96. The van der Waals surface area contributed by atoms with E-state index in [0.29, 0.717) is 28.1 Å². The summed E-state index contributed by atoms with van der Waals surface area (Å²) in [6.45, 7) is 0.682. The minimum absolute atomic E-state index is 0.457. The zero-order valence-electron chi connectivity index (χ0n) is 17.0. The van der Waals surface area contributed by atoms with Gasteiger partial charge in [-0.05, 0) is 42.8 Å². The number of carbonyl (C=O) groups excluding carboxylic acids is 1. The number of H-pyrrole nitrogens is 1.